The van der Waals surface area contributed by atoms with Crippen LogP contribution in [0.5, 0.6) is 5.75 Å². The Morgan fingerprint density at radius 3 is 2.62 bits per heavy atom. The van der Waals surface area contributed by atoms with Crippen molar-refractivity contribution in [2.24, 2.45) is 0 Å². The first-order valence-corrected chi connectivity index (χ1v) is 7.91. The first kappa shape index (κ1) is 15.9. The van der Waals surface area contributed by atoms with E-state index in [0.717, 1.165) is 17.4 Å². The molecule has 3 nitrogen and oxygen atoms in total. The highest BCUT2D eigenvalue weighted by Gasteiger charge is 2.17. The van der Waals surface area contributed by atoms with Crippen LogP contribution in [0.15, 0.2) is 72.9 Å². The van der Waals surface area contributed by atoms with E-state index < -0.39 is 0 Å². The van der Waals surface area contributed by atoms with Gasteiger partial charge < -0.3 is 4.74 Å². The van der Waals surface area contributed by atoms with Gasteiger partial charge >= 0.3 is 0 Å². The van der Waals surface area contributed by atoms with Crippen LogP contribution in [0, 0.1) is 0 Å². The number of carbonyl (C=O) groups is 1. The Balaban J connectivity index is 1.96. The lowest BCUT2D eigenvalue weighted by molar-refractivity contribution is 0.103. The molecule has 0 radical (unpaired) electrons. The lowest BCUT2D eigenvalue weighted by Crippen LogP contribution is -2.07. The number of pyridine rings is 1. The molecule has 0 amide bonds. The third-order valence-electron chi connectivity index (χ3n) is 3.80. The van der Waals surface area contributed by atoms with E-state index in [4.69, 9.17) is 4.74 Å². The maximum Gasteiger partial charge on any atom is 0.198 e. The van der Waals surface area contributed by atoms with E-state index in [0.29, 0.717) is 29.0 Å². The van der Waals surface area contributed by atoms with E-state index in [9.17, 15) is 4.79 Å². The van der Waals surface area contributed by atoms with Crippen molar-refractivity contribution >= 4 is 16.7 Å². The predicted molar refractivity (Wildman–Crippen MR) is 96.5 cm³/mol. The van der Waals surface area contributed by atoms with Gasteiger partial charge in [0.15, 0.2) is 5.78 Å². The number of ether oxygens (including phenoxy) is 1. The molecule has 0 saturated heterocycles. The first-order chi connectivity index (χ1) is 11.7. The number of ketones is 1. The van der Waals surface area contributed by atoms with Gasteiger partial charge in [0.05, 0.1) is 17.7 Å². The van der Waals surface area contributed by atoms with Crippen molar-refractivity contribution in [2.45, 2.75) is 13.3 Å². The van der Waals surface area contributed by atoms with E-state index >= 15 is 0 Å². The third-order valence-corrected chi connectivity index (χ3v) is 3.80. The van der Waals surface area contributed by atoms with Gasteiger partial charge in [-0.15, -0.1) is 6.58 Å². The third kappa shape index (κ3) is 3.35. The number of nitrogens with zero attached hydrogens (tertiary/aromatic N) is 1. The molecule has 1 aromatic heterocycles. The Bertz CT molecular complexity index is 894. The Hall–Kier alpha value is -2.94. The molecule has 24 heavy (non-hydrogen) atoms. The molecule has 0 aliphatic carbocycles. The number of hydrogen-bond acceptors (Lipinski definition) is 3. The van der Waals surface area contributed by atoms with Crippen molar-refractivity contribution in [1.82, 2.24) is 4.98 Å². The fourth-order valence-electron chi connectivity index (χ4n) is 2.55. The molecule has 3 heteroatoms. The Morgan fingerprint density at radius 2 is 1.79 bits per heavy atom. The minimum absolute atomic E-state index is 0.0785. The molecule has 3 rings (SSSR count). The Kier molecular flexibility index (Phi) is 4.71. The van der Waals surface area contributed by atoms with Crippen LogP contribution >= 0.6 is 0 Å². The van der Waals surface area contributed by atoms with Gasteiger partial charge in [-0.2, -0.15) is 0 Å². The minimum Gasteiger partial charge on any atom is -0.492 e. The topological polar surface area (TPSA) is 39.2 Å². The van der Waals surface area contributed by atoms with Crippen molar-refractivity contribution in [3.63, 3.8) is 0 Å². The number of para-hydroxylation sites is 2. The SMILES string of the molecule is C=C(C)CCOc1ccccc1C(=O)c1cccc2cccnc12. The van der Waals surface area contributed by atoms with E-state index in [1.807, 2.05) is 55.5 Å². The maximum absolute atomic E-state index is 13.0. The molecule has 0 aliphatic heterocycles. The molecule has 3 aromatic rings. The van der Waals surface area contributed by atoms with Gasteiger partial charge in [0.1, 0.15) is 5.75 Å². The van der Waals surface area contributed by atoms with Crippen LogP contribution in [0.4, 0.5) is 0 Å². The average Bonchev–Trinajstić information content (AvgIpc) is 2.61. The van der Waals surface area contributed by atoms with Crippen molar-refractivity contribution in [1.29, 1.82) is 0 Å². The Labute approximate surface area is 141 Å². The van der Waals surface area contributed by atoms with Crippen LogP contribution < -0.4 is 4.74 Å². The van der Waals surface area contributed by atoms with Gasteiger partial charge in [0.25, 0.3) is 0 Å². The number of aromatic nitrogens is 1. The zero-order chi connectivity index (χ0) is 16.9. The molecule has 0 saturated carbocycles. The fraction of sp³-hybridized carbons (Fsp3) is 0.143. The molecule has 0 fully saturated rings. The summed E-state index contributed by atoms with van der Waals surface area (Å²) in [6, 6.07) is 16.8. The molecular formula is C21H19NO2. The highest BCUT2D eigenvalue weighted by molar-refractivity contribution is 6.16. The smallest absolute Gasteiger partial charge is 0.198 e. The molecule has 0 bridgehead atoms. The normalized spacial score (nSPS) is 10.5. The summed E-state index contributed by atoms with van der Waals surface area (Å²) in [6.45, 7) is 6.34. The fourth-order valence-corrected chi connectivity index (χ4v) is 2.55. The highest BCUT2D eigenvalue weighted by Crippen LogP contribution is 2.25. The van der Waals surface area contributed by atoms with Gasteiger partial charge in [-0.1, -0.05) is 35.9 Å². The van der Waals surface area contributed by atoms with E-state index in [-0.39, 0.29) is 5.78 Å². The number of benzene rings is 2. The summed E-state index contributed by atoms with van der Waals surface area (Å²) in [6.07, 6.45) is 2.47. The van der Waals surface area contributed by atoms with Gasteiger partial charge in [-0.05, 0) is 31.2 Å². The molecule has 2 aromatic carbocycles. The first-order valence-electron chi connectivity index (χ1n) is 7.91. The zero-order valence-electron chi connectivity index (χ0n) is 13.7. The van der Waals surface area contributed by atoms with Gasteiger partial charge in [-0.25, -0.2) is 0 Å². The van der Waals surface area contributed by atoms with Crippen LogP contribution in [0.25, 0.3) is 10.9 Å². The van der Waals surface area contributed by atoms with Crippen molar-refractivity contribution in [3.05, 3.63) is 84.1 Å². The predicted octanol–water partition coefficient (Wildman–Crippen LogP) is 4.81. The number of carbonyl (C=O) groups excluding carboxylic acids is 1. The molecule has 0 atom stereocenters. The summed E-state index contributed by atoms with van der Waals surface area (Å²) in [7, 11) is 0. The van der Waals surface area contributed by atoms with Crippen LogP contribution in [0.1, 0.15) is 29.3 Å². The standard InChI is InChI=1S/C21H19NO2/c1-15(2)12-14-24-19-11-4-3-9-17(19)21(23)18-10-5-7-16-8-6-13-22-20(16)18/h3-11,13H,1,12,14H2,2H3. The average molecular weight is 317 g/mol. The van der Waals surface area contributed by atoms with Gasteiger partial charge in [0, 0.05) is 23.6 Å². The quantitative estimate of drug-likeness (QED) is 0.484. The lowest BCUT2D eigenvalue weighted by atomic mass is 9.99. The molecule has 0 spiro atoms. The summed E-state index contributed by atoms with van der Waals surface area (Å²) in [5.74, 6) is 0.516. The summed E-state index contributed by atoms with van der Waals surface area (Å²) < 4.78 is 5.80. The van der Waals surface area contributed by atoms with Crippen molar-refractivity contribution in [3.8, 4) is 5.75 Å². The monoisotopic (exact) mass is 317 g/mol. The lowest BCUT2D eigenvalue weighted by Gasteiger charge is -2.11. The molecule has 120 valence electrons. The molecule has 0 aliphatic rings. The van der Waals surface area contributed by atoms with Crippen molar-refractivity contribution in [2.75, 3.05) is 6.61 Å². The second-order valence-corrected chi connectivity index (χ2v) is 5.76. The molecule has 0 N–H and O–H groups in total. The number of hydrogen-bond donors (Lipinski definition) is 0. The van der Waals surface area contributed by atoms with Crippen molar-refractivity contribution < 1.29 is 9.53 Å². The van der Waals surface area contributed by atoms with Gasteiger partial charge in [0.2, 0.25) is 0 Å². The number of fused-ring (bicyclic) bond motifs is 1. The highest BCUT2D eigenvalue weighted by atomic mass is 16.5. The largest absolute Gasteiger partial charge is 0.492 e. The summed E-state index contributed by atoms with van der Waals surface area (Å²) in [4.78, 5) is 17.4. The van der Waals surface area contributed by atoms with Crippen LogP contribution in [0.2, 0.25) is 0 Å². The minimum atomic E-state index is -0.0785. The van der Waals surface area contributed by atoms with Crippen LogP contribution in [-0.4, -0.2) is 17.4 Å². The second-order valence-electron chi connectivity index (χ2n) is 5.76. The van der Waals surface area contributed by atoms with E-state index in [1.165, 1.54) is 0 Å². The van der Waals surface area contributed by atoms with Crippen LogP contribution in [-0.2, 0) is 0 Å². The van der Waals surface area contributed by atoms with E-state index in [2.05, 4.69) is 11.6 Å². The summed E-state index contributed by atoms with van der Waals surface area (Å²) in [5.41, 5.74) is 2.90. The molecule has 0 unspecified atom stereocenters. The van der Waals surface area contributed by atoms with E-state index in [1.54, 1.807) is 12.3 Å². The maximum atomic E-state index is 13.0. The van der Waals surface area contributed by atoms with Gasteiger partial charge in [-0.3, -0.25) is 9.78 Å². The molecular weight excluding hydrogens is 298 g/mol. The zero-order valence-corrected chi connectivity index (χ0v) is 13.7. The summed E-state index contributed by atoms with van der Waals surface area (Å²) in [5, 5.41) is 0.948. The molecule has 1 heterocycles. The van der Waals surface area contributed by atoms with Crippen LogP contribution in [0.3, 0.4) is 0 Å². The number of rotatable bonds is 6. The summed E-state index contributed by atoms with van der Waals surface area (Å²) >= 11 is 0. The second kappa shape index (κ2) is 7.09. The Morgan fingerprint density at radius 1 is 1.04 bits per heavy atom.